The molecule has 102 valence electrons. The van der Waals surface area contributed by atoms with Crippen LogP contribution in [0.25, 0.3) is 0 Å². The maximum atomic E-state index is 11.8. The highest BCUT2D eigenvalue weighted by Crippen LogP contribution is 2.47. The molecule has 2 atom stereocenters. The lowest BCUT2D eigenvalue weighted by molar-refractivity contribution is -0.122. The summed E-state index contributed by atoms with van der Waals surface area (Å²) >= 11 is 3.42. The number of rotatable bonds is 5. The van der Waals surface area contributed by atoms with Crippen molar-refractivity contribution in [1.82, 2.24) is 5.32 Å². The van der Waals surface area contributed by atoms with E-state index in [9.17, 15) is 9.59 Å². The van der Waals surface area contributed by atoms with Gasteiger partial charge in [0, 0.05) is 10.4 Å². The zero-order valence-corrected chi connectivity index (χ0v) is 11.9. The Balaban J connectivity index is 1.76. The summed E-state index contributed by atoms with van der Waals surface area (Å²) in [6, 6.07) is 7.99. The third-order valence-corrected chi connectivity index (χ3v) is 3.54. The molecule has 0 saturated heterocycles. The summed E-state index contributed by atoms with van der Waals surface area (Å²) in [6.45, 7) is 0.402. The number of amides is 2. The Morgan fingerprint density at radius 2 is 2.26 bits per heavy atom. The number of halogens is 1. The van der Waals surface area contributed by atoms with Crippen LogP contribution in [0.1, 0.15) is 17.9 Å². The van der Waals surface area contributed by atoms with Crippen LogP contribution in [-0.2, 0) is 9.53 Å². The van der Waals surface area contributed by atoms with Crippen molar-refractivity contribution in [2.75, 3.05) is 13.2 Å². The Labute approximate surface area is 119 Å². The van der Waals surface area contributed by atoms with Gasteiger partial charge < -0.3 is 15.8 Å². The zero-order valence-electron chi connectivity index (χ0n) is 10.3. The first kappa shape index (κ1) is 13.9. The minimum Gasteiger partial charge on any atom is -0.448 e. The number of nitrogens with one attached hydrogen (secondary N) is 1. The molecule has 6 heteroatoms. The molecule has 0 unspecified atom stereocenters. The standard InChI is InChI=1S/C13H15BrN2O3/c14-9-3-1-2-8(6-9)10-7-11(10)12(17)16-4-5-19-13(15)18/h1-3,6,10-11H,4-5,7H2,(H2,15,18)(H,16,17)/t10-,11-/m1/s1. The summed E-state index contributed by atoms with van der Waals surface area (Å²) in [4.78, 5) is 22.2. The molecular formula is C13H15BrN2O3. The molecule has 0 spiro atoms. The maximum absolute atomic E-state index is 11.8. The van der Waals surface area contributed by atoms with Gasteiger partial charge in [-0.05, 0) is 30.0 Å². The topological polar surface area (TPSA) is 81.4 Å². The summed E-state index contributed by atoms with van der Waals surface area (Å²) in [5.41, 5.74) is 5.98. The van der Waals surface area contributed by atoms with Crippen LogP contribution in [0.4, 0.5) is 4.79 Å². The molecule has 1 aromatic carbocycles. The molecule has 1 aliphatic rings. The van der Waals surface area contributed by atoms with Crippen molar-refractivity contribution >= 4 is 27.9 Å². The van der Waals surface area contributed by atoms with Crippen LogP contribution in [0, 0.1) is 5.92 Å². The second kappa shape index (κ2) is 6.06. The van der Waals surface area contributed by atoms with Gasteiger partial charge in [0.1, 0.15) is 6.61 Å². The lowest BCUT2D eigenvalue weighted by Gasteiger charge is -2.05. The van der Waals surface area contributed by atoms with E-state index in [1.165, 1.54) is 5.56 Å². The summed E-state index contributed by atoms with van der Waals surface area (Å²) in [5.74, 6) is 0.301. The van der Waals surface area contributed by atoms with E-state index < -0.39 is 6.09 Å². The number of benzene rings is 1. The average Bonchev–Trinajstić information content (AvgIpc) is 3.14. The SMILES string of the molecule is NC(=O)OCCNC(=O)[C@@H]1C[C@@H]1c1cccc(Br)c1. The predicted molar refractivity (Wildman–Crippen MR) is 73.5 cm³/mol. The van der Waals surface area contributed by atoms with E-state index in [4.69, 9.17) is 5.73 Å². The smallest absolute Gasteiger partial charge is 0.404 e. The van der Waals surface area contributed by atoms with Gasteiger partial charge in [-0.3, -0.25) is 4.79 Å². The molecule has 0 radical (unpaired) electrons. The number of ether oxygens (including phenoxy) is 1. The molecule has 2 amide bonds. The van der Waals surface area contributed by atoms with E-state index >= 15 is 0 Å². The van der Waals surface area contributed by atoms with Gasteiger partial charge in [0.05, 0.1) is 6.54 Å². The van der Waals surface area contributed by atoms with Crippen molar-refractivity contribution in [1.29, 1.82) is 0 Å². The van der Waals surface area contributed by atoms with Crippen LogP contribution in [0.15, 0.2) is 28.7 Å². The molecule has 1 fully saturated rings. The second-order valence-corrected chi connectivity index (χ2v) is 5.38. The van der Waals surface area contributed by atoms with Crippen molar-refractivity contribution in [3.63, 3.8) is 0 Å². The number of primary amides is 1. The maximum Gasteiger partial charge on any atom is 0.404 e. The Hall–Kier alpha value is -1.56. The van der Waals surface area contributed by atoms with Crippen molar-refractivity contribution in [2.45, 2.75) is 12.3 Å². The van der Waals surface area contributed by atoms with Crippen molar-refractivity contribution < 1.29 is 14.3 Å². The molecule has 1 aromatic rings. The van der Waals surface area contributed by atoms with Gasteiger partial charge in [0.25, 0.3) is 0 Å². The van der Waals surface area contributed by atoms with E-state index in [2.05, 4.69) is 26.0 Å². The van der Waals surface area contributed by atoms with Gasteiger partial charge >= 0.3 is 6.09 Å². The van der Waals surface area contributed by atoms with Crippen LogP contribution in [0.5, 0.6) is 0 Å². The third kappa shape index (κ3) is 3.96. The van der Waals surface area contributed by atoms with Crippen LogP contribution < -0.4 is 11.1 Å². The molecule has 0 bridgehead atoms. The molecule has 5 nitrogen and oxygen atoms in total. The second-order valence-electron chi connectivity index (χ2n) is 4.46. The molecule has 1 saturated carbocycles. The molecule has 1 aliphatic carbocycles. The molecular weight excluding hydrogens is 312 g/mol. The van der Waals surface area contributed by atoms with Gasteiger partial charge in [-0.25, -0.2) is 4.79 Å². The van der Waals surface area contributed by atoms with Crippen LogP contribution in [0.2, 0.25) is 0 Å². The van der Waals surface area contributed by atoms with Gasteiger partial charge in [-0.2, -0.15) is 0 Å². The summed E-state index contributed by atoms with van der Waals surface area (Å²) in [5, 5.41) is 2.73. The average molecular weight is 327 g/mol. The van der Waals surface area contributed by atoms with Crippen LogP contribution in [0.3, 0.4) is 0 Å². The van der Waals surface area contributed by atoms with E-state index in [-0.39, 0.29) is 24.3 Å². The highest BCUT2D eigenvalue weighted by molar-refractivity contribution is 9.10. The van der Waals surface area contributed by atoms with Gasteiger partial charge in [0.2, 0.25) is 5.91 Å². The van der Waals surface area contributed by atoms with Crippen molar-refractivity contribution in [3.8, 4) is 0 Å². The van der Waals surface area contributed by atoms with Crippen LogP contribution in [-0.4, -0.2) is 25.2 Å². The van der Waals surface area contributed by atoms with Gasteiger partial charge in [-0.15, -0.1) is 0 Å². The van der Waals surface area contributed by atoms with Crippen molar-refractivity contribution in [3.05, 3.63) is 34.3 Å². The molecule has 0 aliphatic heterocycles. The number of carbonyl (C=O) groups excluding carboxylic acids is 2. The normalized spacial score (nSPS) is 20.7. The third-order valence-electron chi connectivity index (χ3n) is 3.05. The minimum atomic E-state index is -0.826. The first-order chi connectivity index (χ1) is 9.08. The van der Waals surface area contributed by atoms with E-state index in [0.717, 1.165) is 10.9 Å². The van der Waals surface area contributed by atoms with E-state index in [1.54, 1.807) is 0 Å². The minimum absolute atomic E-state index is 0.00181. The monoisotopic (exact) mass is 326 g/mol. The predicted octanol–water partition coefficient (Wildman–Crippen LogP) is 1.76. The quantitative estimate of drug-likeness (QED) is 0.809. The summed E-state index contributed by atoms with van der Waals surface area (Å²) in [6.07, 6.45) is 0.0339. The number of nitrogens with two attached hydrogens (primary N) is 1. The largest absolute Gasteiger partial charge is 0.448 e. The number of carbonyl (C=O) groups is 2. The molecule has 2 rings (SSSR count). The zero-order chi connectivity index (χ0) is 13.8. The number of hydrogen-bond acceptors (Lipinski definition) is 3. The fourth-order valence-corrected chi connectivity index (χ4v) is 2.46. The lowest BCUT2D eigenvalue weighted by atomic mass is 10.1. The van der Waals surface area contributed by atoms with E-state index in [1.807, 2.05) is 24.3 Å². The molecule has 3 N–H and O–H groups in total. The number of hydrogen-bond donors (Lipinski definition) is 2. The fourth-order valence-electron chi connectivity index (χ4n) is 2.05. The summed E-state index contributed by atoms with van der Waals surface area (Å²) < 4.78 is 5.56. The van der Waals surface area contributed by atoms with E-state index in [0.29, 0.717) is 6.54 Å². The van der Waals surface area contributed by atoms with Gasteiger partial charge in [-0.1, -0.05) is 28.1 Å². The molecule has 0 heterocycles. The highest BCUT2D eigenvalue weighted by Gasteiger charge is 2.43. The van der Waals surface area contributed by atoms with Crippen molar-refractivity contribution in [2.24, 2.45) is 11.7 Å². The fraction of sp³-hybridized carbons (Fsp3) is 0.385. The first-order valence-electron chi connectivity index (χ1n) is 6.03. The molecule has 19 heavy (non-hydrogen) atoms. The Morgan fingerprint density at radius 1 is 1.47 bits per heavy atom. The highest BCUT2D eigenvalue weighted by atomic mass is 79.9. The Kier molecular flexibility index (Phi) is 4.42. The molecule has 0 aromatic heterocycles. The lowest BCUT2D eigenvalue weighted by Crippen LogP contribution is -2.30. The Morgan fingerprint density at radius 3 is 2.95 bits per heavy atom. The first-order valence-corrected chi connectivity index (χ1v) is 6.82. The van der Waals surface area contributed by atoms with Gasteiger partial charge in [0.15, 0.2) is 0 Å². The summed E-state index contributed by atoms with van der Waals surface area (Å²) in [7, 11) is 0. The van der Waals surface area contributed by atoms with Crippen LogP contribution >= 0.6 is 15.9 Å². The Bertz CT molecular complexity index is 493.